The fourth-order valence-corrected chi connectivity index (χ4v) is 4.52. The fraction of sp³-hybridized carbons (Fsp3) is 0.550. The highest BCUT2D eigenvalue weighted by Crippen LogP contribution is 2.37. The number of thioether (sulfide) groups is 1. The van der Waals surface area contributed by atoms with E-state index in [1.165, 1.54) is 15.4 Å². The molecule has 1 aromatic rings. The maximum Gasteiger partial charge on any atom is 0.233 e. The summed E-state index contributed by atoms with van der Waals surface area (Å²) in [5.74, 6) is 0.283. The summed E-state index contributed by atoms with van der Waals surface area (Å²) in [7, 11) is 0. The minimum absolute atomic E-state index is 0.0672. The van der Waals surface area contributed by atoms with Gasteiger partial charge in [0, 0.05) is 30.2 Å². The highest BCUT2D eigenvalue weighted by atomic mass is 32.2. The van der Waals surface area contributed by atoms with Crippen LogP contribution < -0.4 is 5.32 Å². The van der Waals surface area contributed by atoms with Gasteiger partial charge in [-0.25, -0.2) is 0 Å². The normalized spacial score (nSPS) is 22.4. The van der Waals surface area contributed by atoms with Crippen molar-refractivity contribution in [1.29, 1.82) is 0 Å². The third kappa shape index (κ3) is 4.47. The summed E-state index contributed by atoms with van der Waals surface area (Å²) >= 11 is 1.70. The first kappa shape index (κ1) is 19.0. The van der Waals surface area contributed by atoms with Crippen molar-refractivity contribution in [1.82, 2.24) is 10.2 Å². The van der Waals surface area contributed by atoms with E-state index in [0.717, 1.165) is 31.4 Å². The second kappa shape index (κ2) is 8.71. The molecule has 0 aromatic heterocycles. The Morgan fingerprint density at radius 2 is 1.73 bits per heavy atom. The SMILES string of the molecule is Cc1ccc(SCCNC(=O)CCN2C(=O)C3CCCCC3C2=O)cc1. The smallest absolute Gasteiger partial charge is 0.233 e. The Bertz CT molecular complexity index is 650. The summed E-state index contributed by atoms with van der Waals surface area (Å²) in [6.07, 6.45) is 3.86. The van der Waals surface area contributed by atoms with Crippen molar-refractivity contribution >= 4 is 29.5 Å². The molecule has 1 saturated carbocycles. The average molecular weight is 375 g/mol. The molecule has 0 radical (unpaired) electrons. The molecule has 1 N–H and O–H groups in total. The van der Waals surface area contributed by atoms with Gasteiger partial charge in [0.15, 0.2) is 0 Å². The number of carbonyl (C=O) groups is 3. The lowest BCUT2D eigenvalue weighted by molar-refractivity contribution is -0.140. The van der Waals surface area contributed by atoms with Gasteiger partial charge in [-0.05, 0) is 31.9 Å². The second-order valence-corrected chi connectivity index (χ2v) is 8.26. The van der Waals surface area contributed by atoms with Crippen LogP contribution in [0.4, 0.5) is 0 Å². The van der Waals surface area contributed by atoms with Gasteiger partial charge in [-0.2, -0.15) is 0 Å². The number of amides is 3. The van der Waals surface area contributed by atoms with Gasteiger partial charge in [-0.15, -0.1) is 11.8 Å². The van der Waals surface area contributed by atoms with Crippen molar-refractivity contribution in [2.24, 2.45) is 11.8 Å². The van der Waals surface area contributed by atoms with Gasteiger partial charge in [0.05, 0.1) is 11.8 Å². The van der Waals surface area contributed by atoms with Crippen molar-refractivity contribution < 1.29 is 14.4 Å². The van der Waals surface area contributed by atoms with Crippen LogP contribution in [0.5, 0.6) is 0 Å². The summed E-state index contributed by atoms with van der Waals surface area (Å²) in [5.41, 5.74) is 1.23. The van der Waals surface area contributed by atoms with E-state index in [4.69, 9.17) is 0 Å². The molecule has 3 rings (SSSR count). The van der Waals surface area contributed by atoms with E-state index in [1.54, 1.807) is 11.8 Å². The molecular formula is C20H26N2O3S. The number of hydrogen-bond donors (Lipinski definition) is 1. The molecule has 140 valence electrons. The zero-order valence-electron chi connectivity index (χ0n) is 15.2. The van der Waals surface area contributed by atoms with E-state index < -0.39 is 0 Å². The summed E-state index contributed by atoms with van der Waals surface area (Å²) in [6, 6.07) is 8.29. The first-order chi connectivity index (χ1) is 12.6. The summed E-state index contributed by atoms with van der Waals surface area (Å²) in [5, 5.41) is 2.87. The predicted octanol–water partition coefficient (Wildman–Crippen LogP) is 2.77. The monoisotopic (exact) mass is 374 g/mol. The number of benzene rings is 1. The first-order valence-corrected chi connectivity index (χ1v) is 10.4. The van der Waals surface area contributed by atoms with E-state index in [2.05, 4.69) is 36.5 Å². The molecule has 2 atom stereocenters. The van der Waals surface area contributed by atoms with E-state index in [1.807, 2.05) is 0 Å². The van der Waals surface area contributed by atoms with Crippen molar-refractivity contribution in [2.45, 2.75) is 43.9 Å². The summed E-state index contributed by atoms with van der Waals surface area (Å²) < 4.78 is 0. The molecule has 0 spiro atoms. The molecule has 1 aromatic carbocycles. The highest BCUT2D eigenvalue weighted by molar-refractivity contribution is 7.99. The molecule has 0 bridgehead atoms. The molecule has 1 aliphatic carbocycles. The molecule has 2 aliphatic rings. The zero-order chi connectivity index (χ0) is 18.5. The second-order valence-electron chi connectivity index (χ2n) is 7.09. The van der Waals surface area contributed by atoms with Gasteiger partial charge in [0.1, 0.15) is 0 Å². The van der Waals surface area contributed by atoms with Crippen LogP contribution in [0.2, 0.25) is 0 Å². The van der Waals surface area contributed by atoms with Crippen LogP contribution in [0.15, 0.2) is 29.2 Å². The topological polar surface area (TPSA) is 66.5 Å². The number of likely N-dealkylation sites (tertiary alicyclic amines) is 1. The molecule has 5 nitrogen and oxygen atoms in total. The third-order valence-corrected chi connectivity index (χ3v) is 6.22. The Kier molecular flexibility index (Phi) is 6.35. The Morgan fingerprint density at radius 1 is 1.12 bits per heavy atom. The number of carbonyl (C=O) groups excluding carboxylic acids is 3. The maximum atomic E-state index is 12.4. The van der Waals surface area contributed by atoms with Gasteiger partial charge in [-0.1, -0.05) is 30.5 Å². The Morgan fingerprint density at radius 3 is 2.35 bits per heavy atom. The van der Waals surface area contributed by atoms with Gasteiger partial charge in [-0.3, -0.25) is 19.3 Å². The number of hydrogen-bond acceptors (Lipinski definition) is 4. The van der Waals surface area contributed by atoms with E-state index in [0.29, 0.717) is 6.54 Å². The van der Waals surface area contributed by atoms with E-state index >= 15 is 0 Å². The highest BCUT2D eigenvalue weighted by Gasteiger charge is 2.47. The molecule has 1 saturated heterocycles. The third-order valence-electron chi connectivity index (χ3n) is 5.21. The van der Waals surface area contributed by atoms with Crippen LogP contribution in [-0.2, 0) is 14.4 Å². The predicted molar refractivity (Wildman–Crippen MR) is 102 cm³/mol. The molecule has 2 fully saturated rings. The molecule has 3 amide bonds. The number of rotatable bonds is 7. The standard InChI is InChI=1S/C20H26N2O3S/c1-14-6-8-15(9-7-14)26-13-11-21-18(23)10-12-22-19(24)16-4-2-3-5-17(16)20(22)25/h6-9,16-17H,2-5,10-13H2,1H3,(H,21,23). The van der Waals surface area contributed by atoms with Gasteiger partial charge in [0.2, 0.25) is 17.7 Å². The number of imide groups is 1. The van der Waals surface area contributed by atoms with Crippen LogP contribution >= 0.6 is 11.8 Å². The molecular weight excluding hydrogens is 348 g/mol. The Labute approximate surface area is 158 Å². The Balaban J connectivity index is 1.37. The molecule has 1 heterocycles. The van der Waals surface area contributed by atoms with Crippen molar-refractivity contribution in [3.05, 3.63) is 29.8 Å². The maximum absolute atomic E-state index is 12.4. The van der Waals surface area contributed by atoms with Crippen molar-refractivity contribution in [2.75, 3.05) is 18.8 Å². The van der Waals surface area contributed by atoms with Gasteiger partial charge in [0.25, 0.3) is 0 Å². The lowest BCUT2D eigenvalue weighted by atomic mass is 9.81. The average Bonchev–Trinajstić information content (AvgIpc) is 2.89. The molecule has 2 unspecified atom stereocenters. The van der Waals surface area contributed by atoms with Crippen LogP contribution in [0.3, 0.4) is 0 Å². The first-order valence-electron chi connectivity index (χ1n) is 9.37. The largest absolute Gasteiger partial charge is 0.355 e. The zero-order valence-corrected chi connectivity index (χ0v) is 16.0. The van der Waals surface area contributed by atoms with E-state index in [9.17, 15) is 14.4 Å². The van der Waals surface area contributed by atoms with E-state index in [-0.39, 0.29) is 42.5 Å². The van der Waals surface area contributed by atoms with Crippen molar-refractivity contribution in [3.8, 4) is 0 Å². The number of aryl methyl sites for hydroxylation is 1. The lowest BCUT2D eigenvalue weighted by Crippen LogP contribution is -2.35. The van der Waals surface area contributed by atoms with Crippen LogP contribution in [-0.4, -0.2) is 41.5 Å². The molecule has 6 heteroatoms. The molecule has 26 heavy (non-hydrogen) atoms. The van der Waals surface area contributed by atoms with Crippen molar-refractivity contribution in [3.63, 3.8) is 0 Å². The van der Waals surface area contributed by atoms with Crippen LogP contribution in [0.1, 0.15) is 37.7 Å². The minimum atomic E-state index is -0.134. The summed E-state index contributed by atoms with van der Waals surface area (Å²) in [6.45, 7) is 2.84. The quantitative estimate of drug-likeness (QED) is 0.453. The summed E-state index contributed by atoms with van der Waals surface area (Å²) in [4.78, 5) is 39.3. The number of nitrogens with zero attached hydrogens (tertiary/aromatic N) is 1. The van der Waals surface area contributed by atoms with Crippen LogP contribution in [0, 0.1) is 18.8 Å². The lowest BCUT2D eigenvalue weighted by Gasteiger charge is -2.19. The van der Waals surface area contributed by atoms with Crippen LogP contribution in [0.25, 0.3) is 0 Å². The number of nitrogens with one attached hydrogen (secondary N) is 1. The van der Waals surface area contributed by atoms with Gasteiger partial charge < -0.3 is 5.32 Å². The minimum Gasteiger partial charge on any atom is -0.355 e. The Hall–Kier alpha value is -1.82. The molecule has 1 aliphatic heterocycles. The fourth-order valence-electron chi connectivity index (χ4n) is 3.75. The van der Waals surface area contributed by atoms with Gasteiger partial charge >= 0.3 is 0 Å². The number of fused-ring (bicyclic) bond motifs is 1.